The maximum absolute atomic E-state index is 12.9. The van der Waals surface area contributed by atoms with Crippen molar-refractivity contribution in [3.63, 3.8) is 0 Å². The summed E-state index contributed by atoms with van der Waals surface area (Å²) >= 11 is 0. The van der Waals surface area contributed by atoms with Crippen LogP contribution in [0.4, 0.5) is 5.69 Å². The smallest absolute Gasteiger partial charge is 0.287 e. The second kappa shape index (κ2) is 7.55. The number of hydrogen-bond donors (Lipinski definition) is 2. The molecule has 1 saturated carbocycles. The first-order valence-electron chi connectivity index (χ1n) is 9.90. The van der Waals surface area contributed by atoms with Crippen molar-refractivity contribution < 1.29 is 9.59 Å². The van der Waals surface area contributed by atoms with Crippen LogP contribution in [0.2, 0.25) is 0 Å². The summed E-state index contributed by atoms with van der Waals surface area (Å²) in [5.41, 5.74) is 3.08. The second-order valence-electron chi connectivity index (χ2n) is 7.62. The van der Waals surface area contributed by atoms with E-state index >= 15 is 0 Å². The molecule has 0 radical (unpaired) electrons. The van der Waals surface area contributed by atoms with Gasteiger partial charge in [-0.25, -0.2) is 4.98 Å². The average Bonchev–Trinajstić information content (AvgIpc) is 3.29. The maximum Gasteiger partial charge on any atom is 0.287 e. The molecule has 0 spiro atoms. The summed E-state index contributed by atoms with van der Waals surface area (Å²) in [6.07, 6.45) is 7.18. The van der Waals surface area contributed by atoms with Gasteiger partial charge in [-0.3, -0.25) is 9.59 Å². The Kier molecular flexibility index (Phi) is 4.97. The Labute approximate surface area is 159 Å². The van der Waals surface area contributed by atoms with E-state index in [0.29, 0.717) is 11.5 Å². The summed E-state index contributed by atoms with van der Waals surface area (Å²) in [6.45, 7) is 2.73. The molecule has 1 aliphatic carbocycles. The van der Waals surface area contributed by atoms with E-state index in [0.717, 1.165) is 68.4 Å². The number of benzene rings is 1. The molecule has 1 aromatic carbocycles. The molecule has 2 N–H and O–H groups in total. The predicted molar refractivity (Wildman–Crippen MR) is 104 cm³/mol. The zero-order chi connectivity index (χ0) is 18.8. The van der Waals surface area contributed by atoms with Gasteiger partial charge in [-0.2, -0.15) is 0 Å². The SMILES string of the molecule is Cc1cccc(NC(=O)c2nc(C(=O)NC3CCCC3)n3c2CCCC3)c1. The molecule has 0 unspecified atom stereocenters. The topological polar surface area (TPSA) is 76.0 Å². The van der Waals surface area contributed by atoms with Crippen molar-refractivity contribution in [3.8, 4) is 0 Å². The van der Waals surface area contributed by atoms with E-state index in [1.165, 1.54) is 0 Å². The highest BCUT2D eigenvalue weighted by atomic mass is 16.2. The number of aryl methyl sites for hydroxylation is 1. The van der Waals surface area contributed by atoms with Gasteiger partial charge in [-0.05, 0) is 56.7 Å². The van der Waals surface area contributed by atoms with Gasteiger partial charge in [0.1, 0.15) is 0 Å². The molecule has 4 rings (SSSR count). The first kappa shape index (κ1) is 17.8. The Morgan fingerprint density at radius 2 is 1.93 bits per heavy atom. The van der Waals surface area contributed by atoms with E-state index < -0.39 is 0 Å². The Hall–Kier alpha value is -2.63. The van der Waals surface area contributed by atoms with Crippen LogP contribution in [0.1, 0.15) is 70.9 Å². The first-order chi connectivity index (χ1) is 13.1. The van der Waals surface area contributed by atoms with E-state index in [-0.39, 0.29) is 17.9 Å². The number of nitrogens with zero attached hydrogens (tertiary/aromatic N) is 2. The largest absolute Gasteiger partial charge is 0.347 e. The molecule has 6 nitrogen and oxygen atoms in total. The van der Waals surface area contributed by atoms with E-state index in [1.807, 2.05) is 35.8 Å². The maximum atomic E-state index is 12.9. The highest BCUT2D eigenvalue weighted by molar-refractivity contribution is 6.05. The molecule has 2 aromatic rings. The number of amides is 2. The normalized spacial score (nSPS) is 16.8. The lowest BCUT2D eigenvalue weighted by atomic mass is 10.1. The van der Waals surface area contributed by atoms with Crippen LogP contribution in [0.15, 0.2) is 24.3 Å². The van der Waals surface area contributed by atoms with E-state index in [9.17, 15) is 9.59 Å². The lowest BCUT2D eigenvalue weighted by Crippen LogP contribution is -2.35. The monoisotopic (exact) mass is 366 g/mol. The van der Waals surface area contributed by atoms with Crippen molar-refractivity contribution in [3.05, 3.63) is 47.0 Å². The lowest BCUT2D eigenvalue weighted by Gasteiger charge is -2.18. The minimum absolute atomic E-state index is 0.153. The molecule has 0 saturated heterocycles. The zero-order valence-corrected chi connectivity index (χ0v) is 15.8. The molecule has 2 amide bonds. The van der Waals surface area contributed by atoms with Crippen LogP contribution >= 0.6 is 0 Å². The van der Waals surface area contributed by atoms with Gasteiger partial charge in [0.15, 0.2) is 11.5 Å². The molecular weight excluding hydrogens is 340 g/mol. The highest BCUT2D eigenvalue weighted by Gasteiger charge is 2.29. The van der Waals surface area contributed by atoms with E-state index in [1.54, 1.807) is 0 Å². The number of aromatic nitrogens is 2. The van der Waals surface area contributed by atoms with Crippen LogP contribution in [-0.2, 0) is 13.0 Å². The zero-order valence-electron chi connectivity index (χ0n) is 15.8. The van der Waals surface area contributed by atoms with E-state index in [4.69, 9.17) is 0 Å². The van der Waals surface area contributed by atoms with E-state index in [2.05, 4.69) is 15.6 Å². The minimum atomic E-state index is -0.244. The molecule has 1 aliphatic heterocycles. The van der Waals surface area contributed by atoms with Crippen LogP contribution in [0.5, 0.6) is 0 Å². The van der Waals surface area contributed by atoms with Gasteiger partial charge in [-0.15, -0.1) is 0 Å². The molecular formula is C21H26N4O2. The summed E-state index contributed by atoms with van der Waals surface area (Å²) in [4.78, 5) is 30.1. The van der Waals surface area contributed by atoms with Crippen molar-refractivity contribution in [1.29, 1.82) is 0 Å². The van der Waals surface area contributed by atoms with Crippen LogP contribution in [0.3, 0.4) is 0 Å². The van der Waals surface area contributed by atoms with Gasteiger partial charge in [0.2, 0.25) is 0 Å². The number of fused-ring (bicyclic) bond motifs is 1. The van der Waals surface area contributed by atoms with Crippen LogP contribution < -0.4 is 10.6 Å². The summed E-state index contributed by atoms with van der Waals surface area (Å²) < 4.78 is 1.94. The van der Waals surface area contributed by atoms with Crippen LogP contribution in [0.25, 0.3) is 0 Å². The van der Waals surface area contributed by atoms with Gasteiger partial charge in [0.25, 0.3) is 11.8 Å². The first-order valence-corrected chi connectivity index (χ1v) is 9.90. The molecule has 0 bridgehead atoms. The van der Waals surface area contributed by atoms with Crippen LogP contribution in [-0.4, -0.2) is 27.4 Å². The fourth-order valence-corrected chi connectivity index (χ4v) is 4.13. The lowest BCUT2D eigenvalue weighted by molar-refractivity contribution is 0.0921. The number of nitrogens with one attached hydrogen (secondary N) is 2. The quantitative estimate of drug-likeness (QED) is 0.870. The minimum Gasteiger partial charge on any atom is -0.347 e. The average molecular weight is 366 g/mol. The van der Waals surface area contributed by atoms with Gasteiger partial charge in [0.05, 0.1) is 5.69 Å². The molecule has 6 heteroatoms. The predicted octanol–water partition coefficient (Wildman–Crippen LogP) is 3.45. The molecule has 1 fully saturated rings. The number of carbonyl (C=O) groups excluding carboxylic acids is 2. The second-order valence-corrected chi connectivity index (χ2v) is 7.62. The van der Waals surface area contributed by atoms with Crippen molar-refractivity contribution in [2.24, 2.45) is 0 Å². The number of anilines is 1. The third-order valence-corrected chi connectivity index (χ3v) is 5.50. The summed E-state index contributed by atoms with van der Waals surface area (Å²) in [7, 11) is 0. The number of rotatable bonds is 4. The Bertz CT molecular complexity index is 865. The van der Waals surface area contributed by atoms with Crippen molar-refractivity contribution in [2.45, 2.75) is 64.5 Å². The molecule has 1 aromatic heterocycles. The fraction of sp³-hybridized carbons (Fsp3) is 0.476. The molecule has 2 aliphatic rings. The van der Waals surface area contributed by atoms with Crippen molar-refractivity contribution >= 4 is 17.5 Å². The number of hydrogen-bond acceptors (Lipinski definition) is 3. The Morgan fingerprint density at radius 3 is 2.70 bits per heavy atom. The highest BCUT2D eigenvalue weighted by Crippen LogP contribution is 2.23. The molecule has 142 valence electrons. The molecule has 0 atom stereocenters. The third-order valence-electron chi connectivity index (χ3n) is 5.50. The fourth-order valence-electron chi connectivity index (χ4n) is 4.13. The van der Waals surface area contributed by atoms with Crippen molar-refractivity contribution in [1.82, 2.24) is 14.9 Å². The van der Waals surface area contributed by atoms with Gasteiger partial charge in [0, 0.05) is 18.3 Å². The number of imidazole rings is 1. The standard InChI is InChI=1S/C21H26N4O2/c1-14-7-6-10-16(13-14)23-20(26)18-17-11-4-5-12-25(17)19(24-18)21(27)22-15-8-2-3-9-15/h6-7,10,13,15H,2-5,8-9,11-12H2,1H3,(H,22,27)(H,23,26). The Morgan fingerprint density at radius 1 is 1.11 bits per heavy atom. The summed E-state index contributed by atoms with van der Waals surface area (Å²) in [5, 5.41) is 6.03. The Balaban J connectivity index is 1.59. The number of carbonyl (C=O) groups is 2. The third kappa shape index (κ3) is 3.75. The summed E-state index contributed by atoms with van der Waals surface area (Å²) in [6, 6.07) is 7.92. The molecule has 2 heterocycles. The molecule has 27 heavy (non-hydrogen) atoms. The van der Waals surface area contributed by atoms with Crippen LogP contribution in [0, 0.1) is 6.92 Å². The van der Waals surface area contributed by atoms with Gasteiger partial charge >= 0.3 is 0 Å². The summed E-state index contributed by atoms with van der Waals surface area (Å²) in [5.74, 6) is -0.0168. The van der Waals surface area contributed by atoms with Gasteiger partial charge in [-0.1, -0.05) is 25.0 Å². The van der Waals surface area contributed by atoms with Crippen molar-refractivity contribution in [2.75, 3.05) is 5.32 Å². The van der Waals surface area contributed by atoms with Gasteiger partial charge < -0.3 is 15.2 Å².